The molecule has 0 bridgehead atoms. The van der Waals surface area contributed by atoms with Crippen LogP contribution in [0.3, 0.4) is 0 Å². The molecule has 0 fully saturated rings. The van der Waals surface area contributed by atoms with Gasteiger partial charge in [0.1, 0.15) is 5.69 Å². The van der Waals surface area contributed by atoms with Crippen LogP contribution in [-0.4, -0.2) is 30.0 Å². The third-order valence-electron chi connectivity index (χ3n) is 3.36. The Bertz CT molecular complexity index is 822. The monoisotopic (exact) mass is 340 g/mol. The molecule has 3 N–H and O–H groups in total. The number of aromatic hydroxyl groups is 1. The zero-order valence-corrected chi connectivity index (χ0v) is 13.7. The first kappa shape index (κ1) is 15.9. The van der Waals surface area contributed by atoms with Crippen LogP contribution in [0.2, 0.25) is 0 Å². The number of benzene rings is 1. The Morgan fingerprint density at radius 1 is 1.25 bits per heavy atom. The third kappa shape index (κ3) is 3.66. The van der Waals surface area contributed by atoms with Crippen molar-refractivity contribution in [2.24, 2.45) is 0 Å². The highest BCUT2D eigenvalue weighted by Crippen LogP contribution is 2.20. The van der Waals surface area contributed by atoms with E-state index in [4.69, 9.17) is 12.2 Å². The fraction of sp³-hybridized carbons (Fsp3) is 0.125. The summed E-state index contributed by atoms with van der Waals surface area (Å²) < 4.78 is 1.46. The Hall–Kier alpha value is -3.00. The molecule has 122 valence electrons. The van der Waals surface area contributed by atoms with Crippen molar-refractivity contribution in [3.63, 3.8) is 0 Å². The Labute approximate surface area is 144 Å². The molecule has 0 radical (unpaired) electrons. The summed E-state index contributed by atoms with van der Waals surface area (Å²) in [4.78, 5) is 8.15. The lowest BCUT2D eigenvalue weighted by Crippen LogP contribution is -2.31. The summed E-state index contributed by atoms with van der Waals surface area (Å²) in [6.45, 7) is 2.00. The van der Waals surface area contributed by atoms with Crippen LogP contribution in [0.5, 0.6) is 5.88 Å². The second kappa shape index (κ2) is 7.05. The average Bonchev–Trinajstić information content (AvgIpc) is 3.12. The number of hydrogen-bond acceptors (Lipinski definition) is 5. The predicted molar refractivity (Wildman–Crippen MR) is 95.0 cm³/mol. The van der Waals surface area contributed by atoms with E-state index >= 15 is 0 Å². The highest BCUT2D eigenvalue weighted by molar-refractivity contribution is 7.80. The van der Waals surface area contributed by atoms with Crippen molar-refractivity contribution < 1.29 is 5.11 Å². The van der Waals surface area contributed by atoms with Gasteiger partial charge in [-0.3, -0.25) is 0 Å². The van der Waals surface area contributed by atoms with Crippen molar-refractivity contribution >= 4 is 23.0 Å². The summed E-state index contributed by atoms with van der Waals surface area (Å²) in [7, 11) is 0. The minimum Gasteiger partial charge on any atom is -0.492 e. The van der Waals surface area contributed by atoms with Crippen molar-refractivity contribution in [3.05, 3.63) is 60.6 Å². The molecule has 2 aromatic heterocycles. The molecule has 0 aliphatic heterocycles. The van der Waals surface area contributed by atoms with Gasteiger partial charge >= 0.3 is 0 Å². The number of nitrogens with zero attached hydrogens (tertiary/aromatic N) is 4. The van der Waals surface area contributed by atoms with Gasteiger partial charge in [-0.25, -0.2) is 9.67 Å². The van der Waals surface area contributed by atoms with Crippen molar-refractivity contribution in [2.45, 2.75) is 13.0 Å². The summed E-state index contributed by atoms with van der Waals surface area (Å²) in [5.74, 6) is 0.0756. The maximum atomic E-state index is 10.0. The van der Waals surface area contributed by atoms with Gasteiger partial charge in [0.2, 0.25) is 5.88 Å². The maximum Gasteiger partial charge on any atom is 0.253 e. The maximum absolute atomic E-state index is 10.0. The number of aromatic nitrogens is 4. The van der Waals surface area contributed by atoms with E-state index in [0.29, 0.717) is 10.8 Å². The third-order valence-corrected chi connectivity index (χ3v) is 3.58. The van der Waals surface area contributed by atoms with E-state index < -0.39 is 0 Å². The lowest BCUT2D eigenvalue weighted by atomic mass is 10.1. The molecular formula is C16H16N6OS. The molecule has 0 saturated carbocycles. The van der Waals surface area contributed by atoms with Crippen LogP contribution in [-0.2, 0) is 0 Å². The molecular weight excluding hydrogens is 324 g/mol. The Kier molecular flexibility index (Phi) is 4.66. The standard InChI is InChI=1S/C16H16N6OS/c1-11(12-6-3-2-4-7-12)19-16(24)20-13-10-17-15(21-14(13)23)22-9-5-8-18-22/h2-11H,1H3,(H,17,21,23)(H2,19,20,24). The van der Waals surface area contributed by atoms with Gasteiger partial charge in [0.15, 0.2) is 5.11 Å². The number of nitrogens with one attached hydrogen (secondary N) is 2. The smallest absolute Gasteiger partial charge is 0.253 e. The van der Waals surface area contributed by atoms with E-state index in [2.05, 4.69) is 25.7 Å². The lowest BCUT2D eigenvalue weighted by molar-refractivity contribution is 0.452. The van der Waals surface area contributed by atoms with Crippen LogP contribution in [0.15, 0.2) is 55.0 Å². The summed E-state index contributed by atoms with van der Waals surface area (Å²) in [6.07, 6.45) is 4.76. The van der Waals surface area contributed by atoms with E-state index in [1.165, 1.54) is 10.9 Å². The van der Waals surface area contributed by atoms with Crippen molar-refractivity contribution in [2.75, 3.05) is 5.32 Å². The van der Waals surface area contributed by atoms with Gasteiger partial charge in [0.05, 0.1) is 12.2 Å². The molecule has 1 unspecified atom stereocenters. The summed E-state index contributed by atoms with van der Waals surface area (Å²) in [5.41, 5.74) is 1.43. The largest absolute Gasteiger partial charge is 0.492 e. The van der Waals surface area contributed by atoms with Crippen molar-refractivity contribution in [1.82, 2.24) is 25.1 Å². The molecule has 3 rings (SSSR count). The summed E-state index contributed by atoms with van der Waals surface area (Å²) in [5, 5.41) is 20.5. The van der Waals surface area contributed by atoms with Crippen molar-refractivity contribution in [3.8, 4) is 11.8 Å². The van der Waals surface area contributed by atoms with Gasteiger partial charge in [0.25, 0.3) is 5.95 Å². The molecule has 3 aromatic rings. The average molecular weight is 340 g/mol. The molecule has 1 aromatic carbocycles. The van der Waals surface area contributed by atoms with Crippen LogP contribution in [0.1, 0.15) is 18.5 Å². The van der Waals surface area contributed by atoms with Crippen LogP contribution in [0, 0.1) is 0 Å². The lowest BCUT2D eigenvalue weighted by Gasteiger charge is -2.17. The topological polar surface area (TPSA) is 87.9 Å². The van der Waals surface area contributed by atoms with Gasteiger partial charge < -0.3 is 15.7 Å². The van der Waals surface area contributed by atoms with E-state index in [9.17, 15) is 5.11 Å². The van der Waals surface area contributed by atoms with E-state index in [-0.39, 0.29) is 17.9 Å². The van der Waals surface area contributed by atoms with E-state index in [1.54, 1.807) is 18.5 Å². The minimum atomic E-state index is -0.202. The summed E-state index contributed by atoms with van der Waals surface area (Å²) >= 11 is 5.28. The normalized spacial score (nSPS) is 11.7. The first-order chi connectivity index (χ1) is 11.6. The molecule has 0 amide bonds. The fourth-order valence-corrected chi connectivity index (χ4v) is 2.42. The Morgan fingerprint density at radius 2 is 2.04 bits per heavy atom. The zero-order chi connectivity index (χ0) is 16.9. The van der Waals surface area contributed by atoms with Crippen LogP contribution < -0.4 is 10.6 Å². The van der Waals surface area contributed by atoms with Crippen LogP contribution >= 0.6 is 12.2 Å². The predicted octanol–water partition coefficient (Wildman–Crippen LogP) is 2.42. The zero-order valence-electron chi connectivity index (χ0n) is 12.9. The van der Waals surface area contributed by atoms with Gasteiger partial charge in [-0.05, 0) is 30.8 Å². The van der Waals surface area contributed by atoms with Crippen molar-refractivity contribution in [1.29, 1.82) is 0 Å². The van der Waals surface area contributed by atoms with Gasteiger partial charge in [-0.15, -0.1) is 0 Å². The fourth-order valence-electron chi connectivity index (χ4n) is 2.13. The number of hydrogen-bond donors (Lipinski definition) is 3. The molecule has 2 heterocycles. The molecule has 0 spiro atoms. The van der Waals surface area contributed by atoms with Gasteiger partial charge in [-0.2, -0.15) is 10.1 Å². The number of thiocarbonyl (C=S) groups is 1. The molecule has 1 atom stereocenters. The molecule has 8 heteroatoms. The highest BCUT2D eigenvalue weighted by atomic mass is 32.1. The second-order valence-electron chi connectivity index (χ2n) is 5.09. The van der Waals surface area contributed by atoms with E-state index in [0.717, 1.165) is 5.56 Å². The van der Waals surface area contributed by atoms with E-state index in [1.807, 2.05) is 37.3 Å². The molecule has 0 aliphatic rings. The first-order valence-electron chi connectivity index (χ1n) is 7.32. The Balaban J connectivity index is 1.66. The minimum absolute atomic E-state index is 0.0256. The Morgan fingerprint density at radius 3 is 2.71 bits per heavy atom. The number of anilines is 1. The first-order valence-corrected chi connectivity index (χ1v) is 7.73. The quantitative estimate of drug-likeness (QED) is 0.629. The molecule has 0 aliphatic carbocycles. The summed E-state index contributed by atoms with van der Waals surface area (Å²) in [6, 6.07) is 11.7. The molecule has 7 nitrogen and oxygen atoms in total. The van der Waals surface area contributed by atoms with Gasteiger partial charge in [0, 0.05) is 12.4 Å². The molecule has 24 heavy (non-hydrogen) atoms. The van der Waals surface area contributed by atoms with Crippen LogP contribution in [0.25, 0.3) is 5.95 Å². The number of rotatable bonds is 4. The van der Waals surface area contributed by atoms with Crippen LogP contribution in [0.4, 0.5) is 5.69 Å². The molecule has 0 saturated heterocycles. The second-order valence-corrected chi connectivity index (χ2v) is 5.50. The highest BCUT2D eigenvalue weighted by Gasteiger charge is 2.11. The van der Waals surface area contributed by atoms with Gasteiger partial charge in [-0.1, -0.05) is 30.3 Å². The SMILES string of the molecule is CC(NC(=S)Nc1cnc(-n2cccn2)nc1O)c1ccccc1.